The number of carbonyl (C=O) groups is 3. The van der Waals surface area contributed by atoms with Crippen LogP contribution < -0.4 is 0 Å². The first-order valence-electron chi connectivity index (χ1n) is 51.0. The minimum Gasteiger partial charge on any atom is -0.463 e. The van der Waals surface area contributed by atoms with Crippen LogP contribution in [0.5, 0.6) is 0 Å². The lowest BCUT2D eigenvalue weighted by Gasteiger charge is -2.21. The predicted octanol–water partition coefficient (Wildman–Crippen LogP) is 32.5. The van der Waals surface area contributed by atoms with Crippen molar-refractivity contribution in [2.45, 2.75) is 424 Å². The van der Waals surface area contributed by atoms with Crippen LogP contribution >= 0.6 is 15.6 Å². The number of hydrogen-bond donors (Lipinski definition) is 4. The molecular weight excluding hydrogens is 1650 g/mol. The molecule has 0 saturated heterocycles. The summed E-state index contributed by atoms with van der Waals surface area (Å²) in [4.78, 5) is 59.2. The van der Waals surface area contributed by atoms with Gasteiger partial charge < -0.3 is 34.2 Å². The zero-order chi connectivity index (χ0) is 93.5. The lowest BCUT2D eigenvalue weighted by atomic mass is 10.0. The summed E-state index contributed by atoms with van der Waals surface area (Å²) >= 11 is 0. The minimum absolute atomic E-state index is 0.0808. The number of unbranched alkanes of at least 4 members (excludes halogenated alkanes) is 36. The fraction of sp³-hybridized carbons (Fsp3) is 0.649. The van der Waals surface area contributed by atoms with E-state index in [0.717, 1.165) is 205 Å². The van der Waals surface area contributed by atoms with Gasteiger partial charge in [0.1, 0.15) is 25.4 Å². The summed E-state index contributed by atoms with van der Waals surface area (Å²) in [5.41, 5.74) is 0. The highest BCUT2D eigenvalue weighted by Gasteiger charge is 2.30. The summed E-state index contributed by atoms with van der Waals surface area (Å²) in [5, 5.41) is 20.8. The molecular formula is C111H184O16P2. The van der Waals surface area contributed by atoms with Gasteiger partial charge in [-0.3, -0.25) is 32.5 Å². The molecule has 0 amide bonds. The van der Waals surface area contributed by atoms with Gasteiger partial charge >= 0.3 is 33.6 Å². The first-order chi connectivity index (χ1) is 63.2. The van der Waals surface area contributed by atoms with Gasteiger partial charge in [0.25, 0.3) is 0 Å². The van der Waals surface area contributed by atoms with Gasteiger partial charge in [0, 0.05) is 19.3 Å². The van der Waals surface area contributed by atoms with Gasteiger partial charge in [0.2, 0.25) is 0 Å². The third kappa shape index (κ3) is 102. The van der Waals surface area contributed by atoms with Crippen molar-refractivity contribution in [2.75, 3.05) is 39.6 Å². The van der Waals surface area contributed by atoms with Crippen molar-refractivity contribution in [2.24, 2.45) is 0 Å². The molecule has 0 aliphatic carbocycles. The van der Waals surface area contributed by atoms with Crippen molar-refractivity contribution in [3.05, 3.63) is 219 Å². The van der Waals surface area contributed by atoms with Gasteiger partial charge in [0.15, 0.2) is 6.10 Å². The summed E-state index contributed by atoms with van der Waals surface area (Å²) in [6.07, 6.45) is 138. The fourth-order valence-corrected chi connectivity index (χ4v) is 15.2. The van der Waals surface area contributed by atoms with E-state index < -0.39 is 91.5 Å². The van der Waals surface area contributed by atoms with Crippen LogP contribution in [0.2, 0.25) is 0 Å². The second-order valence-corrected chi connectivity index (χ2v) is 36.4. The Morgan fingerprint density at radius 3 is 0.612 bits per heavy atom. The molecule has 18 heteroatoms. The number of phosphoric acid groups is 2. The van der Waals surface area contributed by atoms with E-state index in [1.165, 1.54) is 141 Å². The number of carbonyl (C=O) groups excluding carboxylic acids is 3. The van der Waals surface area contributed by atoms with Crippen molar-refractivity contribution < 1.29 is 75.8 Å². The molecule has 16 nitrogen and oxygen atoms in total. The fourth-order valence-electron chi connectivity index (χ4n) is 13.6. The largest absolute Gasteiger partial charge is 0.472 e. The number of esters is 3. The van der Waals surface area contributed by atoms with Crippen molar-refractivity contribution in [3.8, 4) is 0 Å². The smallest absolute Gasteiger partial charge is 0.463 e. The Labute approximate surface area is 787 Å². The SMILES string of the molecule is CC/C=C\C/C=C\C/C=C\C/C=C\C/C=C\C/C=C\CCCCCCCCCCCCCCCCCCC(=O)OCC(O)COP(=O)(O)OCC(O)COP(=O)(O)OCC(COC(=O)CCCCCCCCCCCCCCCC/C=C\C/C=C\C/C=C\C/C=C\C/C=C\C/C=C\CC)OC(=O)CCCCCCCC/C=C\C/C=C\C/C=C\C/C=C\C/C=C\C/C=C\CC. The van der Waals surface area contributed by atoms with Crippen LogP contribution in [0.1, 0.15) is 406 Å². The van der Waals surface area contributed by atoms with E-state index in [1.807, 2.05) is 0 Å². The van der Waals surface area contributed by atoms with Crippen LogP contribution in [0.3, 0.4) is 0 Å². The Kier molecular flexibility index (Phi) is 96.1. The lowest BCUT2D eigenvalue weighted by molar-refractivity contribution is -0.161. The topological polar surface area (TPSA) is 231 Å². The number of aliphatic hydroxyl groups is 2. The molecule has 0 rings (SSSR count). The van der Waals surface area contributed by atoms with E-state index in [0.29, 0.717) is 19.3 Å². The van der Waals surface area contributed by atoms with Crippen molar-refractivity contribution in [1.29, 1.82) is 0 Å². The summed E-state index contributed by atoms with van der Waals surface area (Å²) in [6.45, 7) is 2.37. The highest BCUT2D eigenvalue weighted by molar-refractivity contribution is 7.47. The quantitative estimate of drug-likeness (QED) is 0.0146. The van der Waals surface area contributed by atoms with Gasteiger partial charge in [0.05, 0.1) is 26.4 Å². The van der Waals surface area contributed by atoms with Crippen LogP contribution in [0.25, 0.3) is 0 Å². The van der Waals surface area contributed by atoms with Gasteiger partial charge in [-0.15, -0.1) is 0 Å². The predicted molar refractivity (Wildman–Crippen MR) is 546 cm³/mol. The van der Waals surface area contributed by atoms with Crippen LogP contribution in [0.15, 0.2) is 219 Å². The van der Waals surface area contributed by atoms with E-state index in [9.17, 15) is 43.5 Å². The summed E-state index contributed by atoms with van der Waals surface area (Å²) < 4.78 is 61.7. The average Bonchev–Trinajstić information content (AvgIpc) is 0.895. The molecule has 0 fully saturated rings. The van der Waals surface area contributed by atoms with Crippen LogP contribution in [-0.4, -0.2) is 95.9 Å². The first kappa shape index (κ1) is 123. The molecule has 0 aromatic rings. The summed E-state index contributed by atoms with van der Waals surface area (Å²) in [5.74, 6) is -1.59. The molecule has 0 bridgehead atoms. The zero-order valence-corrected chi connectivity index (χ0v) is 83.1. The molecule has 0 heterocycles. The van der Waals surface area contributed by atoms with E-state index in [2.05, 4.69) is 240 Å². The van der Waals surface area contributed by atoms with E-state index in [4.69, 9.17) is 32.3 Å². The molecule has 129 heavy (non-hydrogen) atoms. The second kappa shape index (κ2) is 101. The van der Waals surface area contributed by atoms with E-state index in [-0.39, 0.29) is 19.3 Å². The maximum atomic E-state index is 13.1. The Balaban J connectivity index is 4.61. The molecule has 0 aliphatic heterocycles. The molecule has 5 atom stereocenters. The maximum absolute atomic E-state index is 13.1. The monoisotopic (exact) mass is 1840 g/mol. The summed E-state index contributed by atoms with van der Waals surface area (Å²) in [6, 6.07) is 0. The molecule has 0 radical (unpaired) electrons. The molecule has 0 saturated carbocycles. The van der Waals surface area contributed by atoms with Crippen LogP contribution in [-0.2, 0) is 55.8 Å². The van der Waals surface area contributed by atoms with E-state index >= 15 is 0 Å². The molecule has 0 aromatic carbocycles. The third-order valence-corrected chi connectivity index (χ3v) is 23.1. The number of ether oxygens (including phenoxy) is 3. The Bertz CT molecular complexity index is 3230. The van der Waals surface area contributed by atoms with Crippen molar-refractivity contribution in [1.82, 2.24) is 0 Å². The standard InChI is InChI=1S/C111H184O16P2/c1-4-7-10-13-16-19-22-25-28-31-34-37-40-43-45-47-49-51-52-54-56-57-59-62-64-67-70-73-76-79-82-85-88-91-94-97-109(114)121-100-106(112)101-123-128(117,118)124-102-107(113)103-125-129(119,120)126-105-108(127-111(116)99-96-93-90-87-84-81-78-75-72-69-66-61-42-39-36-33-30-27-24-21-18-15-12-9-6-3)104-122-110(115)98-95-92-89-86-83-80-77-74-71-68-65-63-60-58-55-53-50-48-46-44-41-38-35-32-29-26-23-20-17-14-11-8-5-2/h7-12,16-21,25-30,34-39,43-46,49-51,53,61,66,72,75,106-108,112-113H,4-6,13-15,22-24,31-33,40-42,47-48,52,54-60,62-65,67-71,73-74,76-105H2,1-3H3,(H,117,118)(H,119,120)/b10-7-,11-8-,12-9-,19-16-,20-17-,21-18-,28-25-,29-26-,30-27-,37-34-,38-35-,39-36-,45-43-,46-44-,51-49-,53-50-,66-61-,75-72-. The van der Waals surface area contributed by atoms with Gasteiger partial charge in [-0.1, -0.05) is 432 Å². The lowest BCUT2D eigenvalue weighted by Crippen LogP contribution is -2.30. The molecule has 4 N–H and O–H groups in total. The van der Waals surface area contributed by atoms with Gasteiger partial charge in [-0.2, -0.15) is 0 Å². The first-order valence-corrected chi connectivity index (χ1v) is 54.0. The normalized spacial score (nSPS) is 14.6. The van der Waals surface area contributed by atoms with Crippen molar-refractivity contribution >= 4 is 33.6 Å². The Hall–Kier alpha value is -6.13. The maximum Gasteiger partial charge on any atom is 0.472 e. The number of aliphatic hydroxyl groups excluding tert-OH is 2. The second-order valence-electron chi connectivity index (χ2n) is 33.5. The van der Waals surface area contributed by atoms with Crippen LogP contribution in [0, 0.1) is 0 Å². The molecule has 5 unspecified atom stereocenters. The number of phosphoric ester groups is 2. The summed E-state index contributed by atoms with van der Waals surface area (Å²) in [7, 11) is -9.83. The van der Waals surface area contributed by atoms with Gasteiger partial charge in [-0.25, -0.2) is 9.13 Å². The van der Waals surface area contributed by atoms with Gasteiger partial charge in [-0.05, 0) is 173 Å². The third-order valence-electron chi connectivity index (χ3n) is 21.2. The van der Waals surface area contributed by atoms with E-state index in [1.54, 1.807) is 0 Å². The van der Waals surface area contributed by atoms with Crippen molar-refractivity contribution in [3.63, 3.8) is 0 Å². The molecule has 0 spiro atoms. The Morgan fingerprint density at radius 1 is 0.217 bits per heavy atom. The highest BCUT2D eigenvalue weighted by Crippen LogP contribution is 2.45. The number of rotatable bonds is 95. The Morgan fingerprint density at radius 2 is 0.388 bits per heavy atom. The number of allylic oxidation sites excluding steroid dienone is 36. The minimum atomic E-state index is -4.96. The van der Waals surface area contributed by atoms with Crippen LogP contribution in [0.4, 0.5) is 0 Å². The average molecular weight is 1840 g/mol. The zero-order valence-electron chi connectivity index (χ0n) is 81.3. The highest BCUT2D eigenvalue weighted by atomic mass is 31.2. The number of hydrogen-bond acceptors (Lipinski definition) is 14. The molecule has 0 aliphatic rings. The molecule has 734 valence electrons. The molecule has 0 aromatic heterocycles.